The molecule has 1 aromatic carbocycles. The second-order valence-electron chi connectivity index (χ2n) is 6.13. The smallest absolute Gasteiger partial charge is 0.274 e. The van der Waals surface area contributed by atoms with Crippen LogP contribution in [0.15, 0.2) is 59.5 Å². The van der Waals surface area contributed by atoms with E-state index in [1.165, 1.54) is 41.8 Å². The van der Waals surface area contributed by atoms with Crippen molar-refractivity contribution in [2.24, 2.45) is 0 Å². The van der Waals surface area contributed by atoms with Gasteiger partial charge in [-0.25, -0.2) is 9.37 Å². The fraction of sp³-hybridized carbons (Fsp3) is 0.200. The Morgan fingerprint density at radius 1 is 1.14 bits per heavy atom. The fourth-order valence-corrected chi connectivity index (χ4v) is 2.52. The van der Waals surface area contributed by atoms with Crippen LogP contribution in [0.25, 0.3) is 0 Å². The Hall–Kier alpha value is -3.55. The molecule has 1 N–H and O–H groups in total. The third-order valence-corrected chi connectivity index (χ3v) is 3.97. The van der Waals surface area contributed by atoms with Crippen LogP contribution >= 0.6 is 0 Å². The molecular formula is C20H19FN4O3. The van der Waals surface area contributed by atoms with Gasteiger partial charge in [-0.3, -0.25) is 14.6 Å². The van der Waals surface area contributed by atoms with Crippen LogP contribution in [0.5, 0.6) is 0 Å². The molecule has 0 saturated carbocycles. The van der Waals surface area contributed by atoms with Crippen molar-refractivity contribution in [1.29, 1.82) is 0 Å². The standard InChI is InChI=1S/C20H19FN4O3/c1-14-11-23-18(12-22-14)20(27)25(13-15-5-4-10-28-15)9-8-19(26)24-17-7-3-2-6-16(17)21/h2-7,10-12H,8-9,13H2,1H3,(H,24,26). The molecule has 0 aliphatic rings. The maximum Gasteiger partial charge on any atom is 0.274 e. The predicted octanol–water partition coefficient (Wildman–Crippen LogP) is 3.19. The van der Waals surface area contributed by atoms with E-state index in [4.69, 9.17) is 4.42 Å². The van der Waals surface area contributed by atoms with Crippen molar-refractivity contribution in [3.63, 3.8) is 0 Å². The summed E-state index contributed by atoms with van der Waals surface area (Å²) in [4.78, 5) is 34.6. The number of benzene rings is 1. The molecule has 2 amide bonds. The molecule has 0 saturated heterocycles. The molecule has 0 fully saturated rings. The molecule has 3 aromatic rings. The van der Waals surface area contributed by atoms with Crippen LogP contribution in [0.3, 0.4) is 0 Å². The number of anilines is 1. The Morgan fingerprint density at radius 2 is 1.96 bits per heavy atom. The number of nitrogens with one attached hydrogen (secondary N) is 1. The van der Waals surface area contributed by atoms with E-state index in [0.29, 0.717) is 11.5 Å². The van der Waals surface area contributed by atoms with E-state index in [2.05, 4.69) is 15.3 Å². The molecule has 0 bridgehead atoms. The molecule has 0 spiro atoms. The minimum atomic E-state index is -0.519. The van der Waals surface area contributed by atoms with Crippen molar-refractivity contribution in [2.75, 3.05) is 11.9 Å². The second kappa shape index (κ2) is 8.90. The van der Waals surface area contributed by atoms with Crippen molar-refractivity contribution in [3.8, 4) is 0 Å². The van der Waals surface area contributed by atoms with Gasteiger partial charge in [-0.15, -0.1) is 0 Å². The monoisotopic (exact) mass is 382 g/mol. The highest BCUT2D eigenvalue weighted by Gasteiger charge is 2.20. The van der Waals surface area contributed by atoms with E-state index in [1.54, 1.807) is 25.1 Å². The summed E-state index contributed by atoms with van der Waals surface area (Å²) in [6, 6.07) is 9.35. The first-order valence-corrected chi connectivity index (χ1v) is 8.67. The molecule has 144 valence electrons. The lowest BCUT2D eigenvalue weighted by molar-refractivity contribution is -0.116. The predicted molar refractivity (Wildman–Crippen MR) is 99.9 cm³/mol. The van der Waals surface area contributed by atoms with Crippen LogP contribution in [0.1, 0.15) is 28.4 Å². The quantitative estimate of drug-likeness (QED) is 0.678. The van der Waals surface area contributed by atoms with Gasteiger partial charge in [0, 0.05) is 19.2 Å². The summed E-state index contributed by atoms with van der Waals surface area (Å²) < 4.78 is 19.0. The Balaban J connectivity index is 1.68. The molecule has 0 radical (unpaired) electrons. The van der Waals surface area contributed by atoms with Gasteiger partial charge in [0.05, 0.1) is 30.4 Å². The summed E-state index contributed by atoms with van der Waals surface area (Å²) in [5.41, 5.74) is 0.964. The van der Waals surface area contributed by atoms with Gasteiger partial charge in [0.25, 0.3) is 5.91 Å². The second-order valence-corrected chi connectivity index (χ2v) is 6.13. The summed E-state index contributed by atoms with van der Waals surface area (Å²) >= 11 is 0. The zero-order valence-electron chi connectivity index (χ0n) is 15.3. The number of nitrogens with zero attached hydrogens (tertiary/aromatic N) is 3. The lowest BCUT2D eigenvalue weighted by Gasteiger charge is -2.21. The number of carbonyl (C=O) groups excluding carboxylic acids is 2. The number of hydrogen-bond acceptors (Lipinski definition) is 5. The highest BCUT2D eigenvalue weighted by atomic mass is 19.1. The Morgan fingerprint density at radius 3 is 2.64 bits per heavy atom. The van der Waals surface area contributed by atoms with E-state index in [0.717, 1.165) is 0 Å². The highest BCUT2D eigenvalue weighted by molar-refractivity contribution is 5.93. The summed E-state index contributed by atoms with van der Waals surface area (Å²) in [6.45, 7) is 2.05. The SMILES string of the molecule is Cc1cnc(C(=O)N(CCC(=O)Nc2ccccc2F)Cc2ccco2)cn1. The van der Waals surface area contributed by atoms with Crippen LogP contribution in [0.2, 0.25) is 0 Å². The maximum absolute atomic E-state index is 13.7. The Kier molecular flexibility index (Phi) is 6.11. The number of rotatable bonds is 7. The Labute approximate surface area is 161 Å². The van der Waals surface area contributed by atoms with Gasteiger partial charge in [-0.1, -0.05) is 12.1 Å². The summed E-state index contributed by atoms with van der Waals surface area (Å²) in [5, 5.41) is 2.51. The third-order valence-electron chi connectivity index (χ3n) is 3.97. The lowest BCUT2D eigenvalue weighted by atomic mass is 10.2. The molecule has 2 heterocycles. The highest BCUT2D eigenvalue weighted by Crippen LogP contribution is 2.14. The van der Waals surface area contributed by atoms with Gasteiger partial charge in [-0.2, -0.15) is 0 Å². The number of carbonyl (C=O) groups is 2. The number of halogens is 1. The first-order valence-electron chi connectivity index (χ1n) is 8.67. The third kappa shape index (κ3) is 5.00. The van der Waals surface area contributed by atoms with Crippen molar-refractivity contribution in [3.05, 3.63) is 78.0 Å². The number of para-hydroxylation sites is 1. The van der Waals surface area contributed by atoms with Gasteiger partial charge in [-0.05, 0) is 31.2 Å². The van der Waals surface area contributed by atoms with E-state index in [1.807, 2.05) is 0 Å². The molecule has 8 heteroatoms. The van der Waals surface area contributed by atoms with Crippen LogP contribution in [-0.2, 0) is 11.3 Å². The molecule has 0 atom stereocenters. The van der Waals surface area contributed by atoms with Crippen LogP contribution in [-0.4, -0.2) is 33.2 Å². The lowest BCUT2D eigenvalue weighted by Crippen LogP contribution is -2.34. The van der Waals surface area contributed by atoms with Crippen LogP contribution < -0.4 is 5.32 Å². The minimum Gasteiger partial charge on any atom is -0.467 e. The summed E-state index contributed by atoms with van der Waals surface area (Å²) in [6.07, 6.45) is 4.39. The van der Waals surface area contributed by atoms with E-state index < -0.39 is 11.7 Å². The molecule has 28 heavy (non-hydrogen) atoms. The van der Waals surface area contributed by atoms with Gasteiger partial charge in [0.1, 0.15) is 17.3 Å². The molecule has 0 aliphatic carbocycles. The fourth-order valence-electron chi connectivity index (χ4n) is 2.52. The van der Waals surface area contributed by atoms with Crippen molar-refractivity contribution in [2.45, 2.75) is 19.9 Å². The molecule has 0 aliphatic heterocycles. The zero-order valence-corrected chi connectivity index (χ0v) is 15.3. The molecular weight excluding hydrogens is 363 g/mol. The molecule has 2 aromatic heterocycles. The topological polar surface area (TPSA) is 88.3 Å². The number of aromatic nitrogens is 2. The van der Waals surface area contributed by atoms with Gasteiger partial charge in [0.15, 0.2) is 0 Å². The zero-order chi connectivity index (χ0) is 19.9. The first-order chi connectivity index (χ1) is 13.5. The number of amides is 2. The van der Waals surface area contributed by atoms with Gasteiger partial charge >= 0.3 is 0 Å². The number of aryl methyl sites for hydroxylation is 1. The normalized spacial score (nSPS) is 10.5. The average molecular weight is 382 g/mol. The minimum absolute atomic E-state index is 0.0138. The number of furan rings is 1. The van der Waals surface area contributed by atoms with E-state index in [-0.39, 0.29) is 36.8 Å². The summed E-state index contributed by atoms with van der Waals surface area (Å²) in [7, 11) is 0. The van der Waals surface area contributed by atoms with Crippen molar-refractivity contribution in [1.82, 2.24) is 14.9 Å². The van der Waals surface area contributed by atoms with E-state index in [9.17, 15) is 14.0 Å². The number of hydrogen-bond donors (Lipinski definition) is 1. The average Bonchev–Trinajstić information content (AvgIpc) is 3.20. The molecule has 3 rings (SSSR count). The molecule has 0 unspecified atom stereocenters. The Bertz CT molecular complexity index is 942. The first kappa shape index (κ1) is 19.2. The van der Waals surface area contributed by atoms with E-state index >= 15 is 0 Å². The van der Waals surface area contributed by atoms with Crippen LogP contribution in [0.4, 0.5) is 10.1 Å². The molecule has 7 nitrogen and oxygen atoms in total. The van der Waals surface area contributed by atoms with Crippen molar-refractivity contribution >= 4 is 17.5 Å². The van der Waals surface area contributed by atoms with Gasteiger partial charge < -0.3 is 14.6 Å². The largest absolute Gasteiger partial charge is 0.467 e. The van der Waals surface area contributed by atoms with Crippen molar-refractivity contribution < 1.29 is 18.4 Å². The summed E-state index contributed by atoms with van der Waals surface area (Å²) in [5.74, 6) is -0.725. The van der Waals surface area contributed by atoms with Crippen LogP contribution in [0, 0.1) is 12.7 Å². The van der Waals surface area contributed by atoms with Gasteiger partial charge in [0.2, 0.25) is 5.91 Å². The maximum atomic E-state index is 13.7.